The third-order valence-electron chi connectivity index (χ3n) is 6.57. The fourth-order valence-corrected chi connectivity index (χ4v) is 5.76. The van der Waals surface area contributed by atoms with Crippen molar-refractivity contribution < 1.29 is 9.53 Å². The summed E-state index contributed by atoms with van der Waals surface area (Å²) in [5.41, 5.74) is 6.64. The van der Waals surface area contributed by atoms with Crippen molar-refractivity contribution in [2.75, 3.05) is 6.61 Å². The molecule has 5 rings (SSSR count). The minimum Gasteiger partial charge on any atom is -0.462 e. The first-order valence-electron chi connectivity index (χ1n) is 11.5. The van der Waals surface area contributed by atoms with E-state index in [1.165, 1.54) is 31.8 Å². The maximum Gasteiger partial charge on any atom is 0.338 e. The predicted molar refractivity (Wildman–Crippen MR) is 139 cm³/mol. The summed E-state index contributed by atoms with van der Waals surface area (Å²) in [6.07, 6.45) is 3.41. The standard InChI is InChI=1S/C30H28O2S/c1-5-32-29(31)24-11-7-6-10-21(24)22-12-8-9-20-17-27-26(18-25(20)22)23(15-16-30(27,3)4)28-14-13-19(2)33-28/h6-15,17-18H,5,16H2,1-4H3. The number of thiophene rings is 1. The number of carbonyl (C=O) groups excluding carboxylic acids is 1. The lowest BCUT2D eigenvalue weighted by molar-refractivity contribution is 0.0527. The molecule has 2 nitrogen and oxygen atoms in total. The number of hydrogen-bond acceptors (Lipinski definition) is 3. The third kappa shape index (κ3) is 3.81. The highest BCUT2D eigenvalue weighted by Gasteiger charge is 2.30. The van der Waals surface area contributed by atoms with E-state index < -0.39 is 0 Å². The lowest BCUT2D eigenvalue weighted by Crippen LogP contribution is -2.21. The van der Waals surface area contributed by atoms with Gasteiger partial charge in [0.15, 0.2) is 0 Å². The summed E-state index contributed by atoms with van der Waals surface area (Å²) in [5, 5.41) is 2.35. The Labute approximate surface area is 199 Å². The van der Waals surface area contributed by atoms with Gasteiger partial charge in [-0.1, -0.05) is 56.3 Å². The number of fused-ring (bicyclic) bond motifs is 2. The molecule has 0 amide bonds. The van der Waals surface area contributed by atoms with E-state index in [4.69, 9.17) is 4.74 Å². The quantitative estimate of drug-likeness (QED) is 0.292. The van der Waals surface area contributed by atoms with Gasteiger partial charge in [-0.05, 0) is 94.6 Å². The van der Waals surface area contributed by atoms with Crippen LogP contribution in [0.5, 0.6) is 0 Å². The molecule has 0 N–H and O–H groups in total. The molecule has 3 heteroatoms. The van der Waals surface area contributed by atoms with Crippen molar-refractivity contribution in [3.05, 3.63) is 99.3 Å². The molecule has 3 aromatic carbocycles. The molecule has 0 bridgehead atoms. The largest absolute Gasteiger partial charge is 0.462 e. The molecule has 1 aliphatic rings. The van der Waals surface area contributed by atoms with E-state index in [0.29, 0.717) is 12.2 Å². The van der Waals surface area contributed by atoms with Gasteiger partial charge < -0.3 is 4.74 Å². The molecule has 0 atom stereocenters. The van der Waals surface area contributed by atoms with Crippen molar-refractivity contribution in [3.63, 3.8) is 0 Å². The summed E-state index contributed by atoms with van der Waals surface area (Å²) in [6, 6.07) is 23.2. The molecular formula is C30H28O2S. The lowest BCUT2D eigenvalue weighted by Gasteiger charge is -2.32. The molecule has 0 fully saturated rings. The Hall–Kier alpha value is -3.17. The maximum absolute atomic E-state index is 12.7. The fourth-order valence-electron chi connectivity index (χ4n) is 4.84. The second-order valence-electron chi connectivity index (χ2n) is 9.31. The predicted octanol–water partition coefficient (Wildman–Crippen LogP) is 8.17. The zero-order valence-corrected chi connectivity index (χ0v) is 20.4. The Morgan fingerprint density at radius 1 is 0.970 bits per heavy atom. The molecule has 0 spiro atoms. The first-order valence-corrected chi connectivity index (χ1v) is 12.3. The van der Waals surface area contributed by atoms with Gasteiger partial charge in [0.25, 0.3) is 0 Å². The Kier molecular flexibility index (Phi) is 5.46. The third-order valence-corrected chi connectivity index (χ3v) is 7.61. The molecule has 1 heterocycles. The molecule has 1 aromatic heterocycles. The van der Waals surface area contributed by atoms with E-state index in [0.717, 1.165) is 22.9 Å². The van der Waals surface area contributed by atoms with E-state index in [1.54, 1.807) is 0 Å². The van der Waals surface area contributed by atoms with Crippen LogP contribution in [-0.2, 0) is 10.2 Å². The van der Waals surface area contributed by atoms with Crippen LogP contribution in [0.3, 0.4) is 0 Å². The minimum absolute atomic E-state index is 0.0676. The molecular weight excluding hydrogens is 424 g/mol. The first-order chi connectivity index (χ1) is 15.9. The highest BCUT2D eigenvalue weighted by atomic mass is 32.1. The minimum atomic E-state index is -0.279. The lowest BCUT2D eigenvalue weighted by atomic mass is 9.72. The number of carbonyl (C=O) groups is 1. The monoisotopic (exact) mass is 452 g/mol. The van der Waals surface area contributed by atoms with Gasteiger partial charge in [-0.25, -0.2) is 4.79 Å². The fraction of sp³-hybridized carbons (Fsp3) is 0.233. The topological polar surface area (TPSA) is 26.3 Å². The van der Waals surface area contributed by atoms with Crippen LogP contribution in [0, 0.1) is 6.92 Å². The summed E-state index contributed by atoms with van der Waals surface area (Å²) < 4.78 is 5.35. The number of ether oxygens (including phenoxy) is 1. The van der Waals surface area contributed by atoms with E-state index in [2.05, 4.69) is 69.3 Å². The molecule has 33 heavy (non-hydrogen) atoms. The van der Waals surface area contributed by atoms with Gasteiger partial charge in [-0.3, -0.25) is 0 Å². The zero-order valence-electron chi connectivity index (χ0n) is 19.6. The number of allylic oxidation sites excluding steroid dienone is 1. The summed E-state index contributed by atoms with van der Waals surface area (Å²) in [5.74, 6) is -0.279. The van der Waals surface area contributed by atoms with Crippen molar-refractivity contribution in [2.45, 2.75) is 39.5 Å². The van der Waals surface area contributed by atoms with Crippen LogP contribution >= 0.6 is 11.3 Å². The van der Waals surface area contributed by atoms with Gasteiger partial charge in [-0.15, -0.1) is 11.3 Å². The summed E-state index contributed by atoms with van der Waals surface area (Å²) in [4.78, 5) is 15.3. The van der Waals surface area contributed by atoms with Gasteiger partial charge in [0.2, 0.25) is 0 Å². The second kappa shape index (κ2) is 8.31. The van der Waals surface area contributed by atoms with Crippen molar-refractivity contribution in [1.29, 1.82) is 0 Å². The molecule has 0 saturated heterocycles. The molecule has 0 saturated carbocycles. The zero-order chi connectivity index (χ0) is 23.2. The normalized spacial score (nSPS) is 14.6. The summed E-state index contributed by atoms with van der Waals surface area (Å²) >= 11 is 1.85. The van der Waals surface area contributed by atoms with Gasteiger partial charge >= 0.3 is 5.97 Å². The molecule has 0 aliphatic heterocycles. The van der Waals surface area contributed by atoms with Crippen LogP contribution in [0.25, 0.3) is 27.5 Å². The van der Waals surface area contributed by atoms with Crippen LogP contribution in [-0.4, -0.2) is 12.6 Å². The smallest absolute Gasteiger partial charge is 0.338 e. The molecule has 0 radical (unpaired) electrons. The van der Waals surface area contributed by atoms with E-state index >= 15 is 0 Å². The first kappa shape index (κ1) is 21.7. The van der Waals surface area contributed by atoms with Gasteiger partial charge in [-0.2, -0.15) is 0 Å². The Balaban J connectivity index is 1.76. The van der Waals surface area contributed by atoms with Crippen LogP contribution in [0.2, 0.25) is 0 Å². The molecule has 1 aliphatic carbocycles. The van der Waals surface area contributed by atoms with E-state index in [1.807, 2.05) is 42.5 Å². The number of benzene rings is 3. The number of aryl methyl sites for hydroxylation is 1. The van der Waals surface area contributed by atoms with Crippen LogP contribution in [0.4, 0.5) is 0 Å². The van der Waals surface area contributed by atoms with Crippen LogP contribution in [0.15, 0.2) is 72.8 Å². The summed E-state index contributed by atoms with van der Waals surface area (Å²) in [6.45, 7) is 9.01. The van der Waals surface area contributed by atoms with Crippen molar-refractivity contribution in [1.82, 2.24) is 0 Å². The van der Waals surface area contributed by atoms with Gasteiger partial charge in [0.05, 0.1) is 12.2 Å². The Morgan fingerprint density at radius 2 is 1.76 bits per heavy atom. The maximum atomic E-state index is 12.7. The SMILES string of the molecule is CCOC(=O)c1ccccc1-c1cccc2cc3c(cc12)C(c1ccc(C)s1)=CCC3(C)C. The Morgan fingerprint density at radius 3 is 2.52 bits per heavy atom. The molecule has 0 unspecified atom stereocenters. The average molecular weight is 453 g/mol. The molecule has 4 aromatic rings. The van der Waals surface area contributed by atoms with Crippen molar-refractivity contribution in [2.24, 2.45) is 0 Å². The highest BCUT2D eigenvalue weighted by Crippen LogP contribution is 2.45. The average Bonchev–Trinajstić information content (AvgIpc) is 3.24. The summed E-state index contributed by atoms with van der Waals surface area (Å²) in [7, 11) is 0. The molecule has 166 valence electrons. The Bertz CT molecular complexity index is 1400. The van der Waals surface area contributed by atoms with Crippen molar-refractivity contribution in [3.8, 4) is 11.1 Å². The van der Waals surface area contributed by atoms with Crippen molar-refractivity contribution >= 4 is 33.7 Å². The number of esters is 1. The van der Waals surface area contributed by atoms with Gasteiger partial charge in [0, 0.05) is 9.75 Å². The van der Waals surface area contributed by atoms with Gasteiger partial charge in [0.1, 0.15) is 0 Å². The number of hydrogen-bond donors (Lipinski definition) is 0. The highest BCUT2D eigenvalue weighted by molar-refractivity contribution is 7.13. The van der Waals surface area contributed by atoms with E-state index in [9.17, 15) is 4.79 Å². The van der Waals surface area contributed by atoms with E-state index in [-0.39, 0.29) is 11.4 Å². The number of rotatable bonds is 4. The van der Waals surface area contributed by atoms with Crippen LogP contribution in [0.1, 0.15) is 58.4 Å². The van der Waals surface area contributed by atoms with Crippen LogP contribution < -0.4 is 0 Å². The second-order valence-corrected chi connectivity index (χ2v) is 10.6.